The van der Waals surface area contributed by atoms with Crippen molar-refractivity contribution in [2.24, 2.45) is 5.73 Å². The molecule has 0 spiro atoms. The molecule has 1 aromatic rings. The van der Waals surface area contributed by atoms with Crippen LogP contribution in [0.4, 0.5) is 4.39 Å². The Morgan fingerprint density at radius 2 is 2.00 bits per heavy atom. The summed E-state index contributed by atoms with van der Waals surface area (Å²) in [4.78, 5) is 14.0. The zero-order chi connectivity index (χ0) is 13.6. The van der Waals surface area contributed by atoms with E-state index in [0.29, 0.717) is 5.56 Å². The van der Waals surface area contributed by atoms with Gasteiger partial charge in [-0.05, 0) is 18.4 Å². The number of rotatable bonds is 3. The summed E-state index contributed by atoms with van der Waals surface area (Å²) in [5.74, 6) is -0.564. The highest BCUT2D eigenvalue weighted by Crippen LogP contribution is 2.48. The van der Waals surface area contributed by atoms with Crippen molar-refractivity contribution in [1.29, 1.82) is 0 Å². The summed E-state index contributed by atoms with van der Waals surface area (Å²) < 4.78 is 14.1. The fraction of sp³-hybridized carbons (Fsp3) is 0.500. The van der Waals surface area contributed by atoms with Crippen molar-refractivity contribution in [3.05, 3.63) is 35.9 Å². The lowest BCUT2D eigenvalue weighted by molar-refractivity contribution is -0.129. The average molecular weight is 283 g/mol. The fourth-order valence-electron chi connectivity index (χ4n) is 3.10. The molecule has 3 nitrogen and oxygen atoms in total. The molecule has 0 bridgehead atoms. The van der Waals surface area contributed by atoms with E-state index in [2.05, 4.69) is 0 Å². The minimum atomic E-state index is -1.24. The molecule has 1 amide bonds. The van der Waals surface area contributed by atoms with Gasteiger partial charge in [0.15, 0.2) is 0 Å². The van der Waals surface area contributed by atoms with Crippen LogP contribution in [0.25, 0.3) is 0 Å². The predicted molar refractivity (Wildman–Crippen MR) is 71.6 cm³/mol. The summed E-state index contributed by atoms with van der Waals surface area (Å²) in [5, 5.41) is -0.937. The Balaban J connectivity index is 2.14. The molecule has 1 heterocycles. The zero-order valence-electron chi connectivity index (χ0n) is 10.4. The molecule has 1 aliphatic carbocycles. The van der Waals surface area contributed by atoms with Gasteiger partial charge in [0.05, 0.1) is 5.38 Å². The molecule has 2 N–H and O–H groups in total. The highest BCUT2D eigenvalue weighted by molar-refractivity contribution is 6.24. The number of nitrogens with zero attached hydrogens (tertiary/aromatic N) is 1. The van der Waals surface area contributed by atoms with Crippen LogP contribution in [-0.2, 0) is 10.3 Å². The van der Waals surface area contributed by atoms with Gasteiger partial charge in [0.2, 0.25) is 5.91 Å². The molecule has 2 aliphatic rings. The summed E-state index contributed by atoms with van der Waals surface area (Å²) >= 11 is 6.26. The maximum Gasteiger partial charge on any atom is 0.244 e. The number of primary amides is 1. The predicted octanol–water partition coefficient (Wildman–Crippen LogP) is 1.79. The molecular formula is C14H16ClFN2O. The van der Waals surface area contributed by atoms with Gasteiger partial charge in [0, 0.05) is 12.6 Å². The maximum atomic E-state index is 14.1. The minimum absolute atomic E-state index is 0.177. The molecule has 0 aromatic heterocycles. The lowest BCUT2D eigenvalue weighted by Crippen LogP contribution is -2.56. The Morgan fingerprint density at radius 1 is 1.37 bits per heavy atom. The molecule has 3 unspecified atom stereocenters. The molecule has 3 atom stereocenters. The first-order chi connectivity index (χ1) is 9.08. The van der Waals surface area contributed by atoms with Gasteiger partial charge in [-0.25, -0.2) is 4.39 Å². The van der Waals surface area contributed by atoms with E-state index >= 15 is 0 Å². The molecule has 1 saturated carbocycles. The standard InChI is InChI=1S/C14H16ClFN2O/c15-12-11(16)8-18(10-6-7-10)14(12,13(17)19)9-4-2-1-3-5-9/h1-5,10-12H,6-8H2,(H2,17,19). The van der Waals surface area contributed by atoms with Crippen LogP contribution in [0.2, 0.25) is 0 Å². The quantitative estimate of drug-likeness (QED) is 0.859. The van der Waals surface area contributed by atoms with Crippen LogP contribution in [0.15, 0.2) is 30.3 Å². The van der Waals surface area contributed by atoms with Gasteiger partial charge >= 0.3 is 0 Å². The van der Waals surface area contributed by atoms with E-state index in [-0.39, 0.29) is 12.6 Å². The van der Waals surface area contributed by atoms with E-state index in [0.717, 1.165) is 12.8 Å². The van der Waals surface area contributed by atoms with Crippen molar-refractivity contribution in [3.8, 4) is 0 Å². The number of alkyl halides is 2. The third-order valence-corrected chi connectivity index (χ3v) is 4.71. The Bertz CT molecular complexity index is 493. The molecule has 1 aliphatic heterocycles. The number of amides is 1. The number of likely N-dealkylation sites (tertiary alicyclic amines) is 1. The number of carbonyl (C=O) groups excluding carboxylic acids is 1. The van der Waals surface area contributed by atoms with E-state index in [4.69, 9.17) is 17.3 Å². The van der Waals surface area contributed by atoms with Crippen molar-refractivity contribution in [3.63, 3.8) is 0 Å². The Labute approximate surface area is 116 Å². The molecule has 2 fully saturated rings. The summed E-state index contributed by atoms with van der Waals surface area (Å²) in [7, 11) is 0. The first kappa shape index (κ1) is 12.9. The normalized spacial score (nSPS) is 35.5. The van der Waals surface area contributed by atoms with Crippen molar-refractivity contribution >= 4 is 17.5 Å². The molecule has 19 heavy (non-hydrogen) atoms. The second-order valence-electron chi connectivity index (χ2n) is 5.30. The van der Waals surface area contributed by atoms with E-state index in [1.807, 2.05) is 23.1 Å². The van der Waals surface area contributed by atoms with Crippen molar-refractivity contribution < 1.29 is 9.18 Å². The summed E-state index contributed by atoms with van der Waals surface area (Å²) in [6.45, 7) is 0.177. The maximum absolute atomic E-state index is 14.1. The van der Waals surface area contributed by atoms with Gasteiger partial charge in [-0.15, -0.1) is 11.6 Å². The molecular weight excluding hydrogens is 267 g/mol. The summed E-state index contributed by atoms with van der Waals surface area (Å²) in [5.41, 5.74) is 5.11. The van der Waals surface area contributed by atoms with Crippen LogP contribution in [0, 0.1) is 0 Å². The first-order valence-corrected chi connectivity index (χ1v) is 6.92. The van der Waals surface area contributed by atoms with Crippen LogP contribution in [0.1, 0.15) is 18.4 Å². The minimum Gasteiger partial charge on any atom is -0.368 e. The monoisotopic (exact) mass is 282 g/mol. The van der Waals surface area contributed by atoms with Crippen LogP contribution in [-0.4, -0.2) is 34.9 Å². The smallest absolute Gasteiger partial charge is 0.244 e. The van der Waals surface area contributed by atoms with Gasteiger partial charge < -0.3 is 5.73 Å². The van der Waals surface area contributed by atoms with Crippen LogP contribution < -0.4 is 5.73 Å². The number of hydrogen-bond donors (Lipinski definition) is 1. The van der Waals surface area contributed by atoms with Gasteiger partial charge in [0.25, 0.3) is 0 Å². The van der Waals surface area contributed by atoms with Crippen molar-refractivity contribution in [2.45, 2.75) is 36.0 Å². The third-order valence-electron chi connectivity index (χ3n) is 4.12. The average Bonchev–Trinajstić information content (AvgIpc) is 3.19. The number of halogens is 2. The topological polar surface area (TPSA) is 46.3 Å². The van der Waals surface area contributed by atoms with Crippen LogP contribution >= 0.6 is 11.6 Å². The summed E-state index contributed by atoms with van der Waals surface area (Å²) in [6, 6.07) is 9.31. The van der Waals surface area contributed by atoms with Gasteiger partial charge in [-0.2, -0.15) is 0 Å². The van der Waals surface area contributed by atoms with E-state index < -0.39 is 23.0 Å². The highest BCUT2D eigenvalue weighted by atomic mass is 35.5. The van der Waals surface area contributed by atoms with Crippen LogP contribution in [0.3, 0.4) is 0 Å². The molecule has 1 aromatic carbocycles. The molecule has 3 rings (SSSR count). The zero-order valence-corrected chi connectivity index (χ0v) is 11.2. The highest BCUT2D eigenvalue weighted by Gasteiger charge is 2.61. The third kappa shape index (κ3) is 1.77. The van der Waals surface area contributed by atoms with E-state index in [9.17, 15) is 9.18 Å². The Morgan fingerprint density at radius 3 is 2.53 bits per heavy atom. The number of nitrogens with two attached hydrogens (primary N) is 1. The second kappa shape index (κ2) is 4.46. The fourth-order valence-corrected chi connectivity index (χ4v) is 3.54. The second-order valence-corrected chi connectivity index (χ2v) is 5.77. The lowest BCUT2D eigenvalue weighted by Gasteiger charge is -2.38. The Kier molecular flexibility index (Phi) is 3.02. The van der Waals surface area contributed by atoms with Gasteiger partial charge in [-0.1, -0.05) is 30.3 Å². The molecule has 5 heteroatoms. The lowest BCUT2D eigenvalue weighted by atomic mass is 9.85. The van der Waals surface area contributed by atoms with E-state index in [1.165, 1.54) is 0 Å². The van der Waals surface area contributed by atoms with Crippen molar-refractivity contribution in [2.75, 3.05) is 6.54 Å². The number of carbonyl (C=O) groups is 1. The van der Waals surface area contributed by atoms with Crippen molar-refractivity contribution in [1.82, 2.24) is 4.90 Å². The SMILES string of the molecule is NC(=O)C1(c2ccccc2)C(Cl)C(F)CN1C1CC1. The van der Waals surface area contributed by atoms with Crippen LogP contribution in [0.5, 0.6) is 0 Å². The molecule has 1 saturated heterocycles. The summed E-state index contributed by atoms with van der Waals surface area (Å²) in [6.07, 6.45) is 0.700. The Hall–Kier alpha value is -1.13. The molecule has 102 valence electrons. The molecule has 0 radical (unpaired) electrons. The van der Waals surface area contributed by atoms with Gasteiger partial charge in [0.1, 0.15) is 11.7 Å². The number of hydrogen-bond acceptors (Lipinski definition) is 2. The largest absolute Gasteiger partial charge is 0.368 e. The number of benzene rings is 1. The van der Waals surface area contributed by atoms with Gasteiger partial charge in [-0.3, -0.25) is 9.69 Å². The first-order valence-electron chi connectivity index (χ1n) is 6.48. The van der Waals surface area contributed by atoms with E-state index in [1.54, 1.807) is 12.1 Å².